The van der Waals surface area contributed by atoms with Gasteiger partial charge in [0, 0.05) is 24.7 Å². The molecule has 1 aromatic carbocycles. The van der Waals surface area contributed by atoms with Crippen molar-refractivity contribution in [2.45, 2.75) is 26.3 Å². The van der Waals surface area contributed by atoms with Crippen LogP contribution in [0, 0.1) is 16.0 Å². The molecular weight excluding hydrogens is 412 g/mol. The smallest absolute Gasteiger partial charge is 0.340 e. The maximum atomic E-state index is 12.6. The standard InChI is InChI=1S/C17H21ClN2O7S/c1-11(2)8-19(13-5-6-28(25,26)10-13)16(21)9-27-17(22)14-4-3-12(20(23)24)7-15(14)18/h3-4,7,11,13H,5-6,8-10H2,1-2H3. The number of nitro groups is 1. The third-order valence-corrected chi connectivity index (χ3v) is 6.30. The average molecular weight is 433 g/mol. The summed E-state index contributed by atoms with van der Waals surface area (Å²) >= 11 is 5.88. The van der Waals surface area contributed by atoms with Gasteiger partial charge >= 0.3 is 5.97 Å². The minimum absolute atomic E-state index is 0.0255. The summed E-state index contributed by atoms with van der Waals surface area (Å²) in [5.41, 5.74) is -0.373. The number of amides is 1. The van der Waals surface area contributed by atoms with E-state index in [9.17, 15) is 28.1 Å². The first-order valence-corrected chi connectivity index (χ1v) is 10.8. The lowest BCUT2D eigenvalue weighted by atomic mass is 10.1. The Labute approximate surface area is 167 Å². The van der Waals surface area contributed by atoms with Gasteiger partial charge in [-0.3, -0.25) is 14.9 Å². The maximum Gasteiger partial charge on any atom is 0.340 e. The monoisotopic (exact) mass is 432 g/mol. The molecule has 1 aliphatic rings. The summed E-state index contributed by atoms with van der Waals surface area (Å²) < 4.78 is 28.5. The van der Waals surface area contributed by atoms with Crippen LogP contribution in [-0.4, -0.2) is 60.8 Å². The molecule has 0 aliphatic carbocycles. The van der Waals surface area contributed by atoms with Crippen LogP contribution in [0.15, 0.2) is 18.2 Å². The number of hydrogen-bond donors (Lipinski definition) is 0. The lowest BCUT2D eigenvalue weighted by Crippen LogP contribution is -2.45. The summed E-state index contributed by atoms with van der Waals surface area (Å²) in [4.78, 5) is 36.3. The highest BCUT2D eigenvalue weighted by Crippen LogP contribution is 2.23. The number of halogens is 1. The van der Waals surface area contributed by atoms with Gasteiger partial charge in [0.2, 0.25) is 0 Å². The fourth-order valence-electron chi connectivity index (χ4n) is 2.94. The Morgan fingerprint density at radius 1 is 1.39 bits per heavy atom. The number of sulfone groups is 1. The van der Waals surface area contributed by atoms with Crippen LogP contribution in [-0.2, 0) is 19.4 Å². The molecule has 1 unspecified atom stereocenters. The van der Waals surface area contributed by atoms with Gasteiger partial charge in [-0.2, -0.15) is 0 Å². The Bertz CT molecular complexity index is 885. The lowest BCUT2D eigenvalue weighted by Gasteiger charge is -2.29. The van der Waals surface area contributed by atoms with Crippen molar-refractivity contribution in [3.05, 3.63) is 38.9 Å². The molecule has 0 N–H and O–H groups in total. The summed E-state index contributed by atoms with van der Waals surface area (Å²) in [5, 5.41) is 10.6. The van der Waals surface area contributed by atoms with E-state index < -0.39 is 39.3 Å². The van der Waals surface area contributed by atoms with E-state index in [0.717, 1.165) is 18.2 Å². The van der Waals surface area contributed by atoms with Gasteiger partial charge in [-0.15, -0.1) is 0 Å². The van der Waals surface area contributed by atoms with Crippen molar-refractivity contribution >= 4 is 39.0 Å². The number of rotatable bonds is 7. The minimum atomic E-state index is -3.17. The zero-order chi connectivity index (χ0) is 21.1. The van der Waals surface area contributed by atoms with Gasteiger partial charge in [0.05, 0.1) is 27.0 Å². The number of benzene rings is 1. The fraction of sp³-hybridized carbons (Fsp3) is 0.529. The second kappa shape index (κ2) is 8.87. The van der Waals surface area contributed by atoms with E-state index in [0.29, 0.717) is 13.0 Å². The normalized spacial score (nSPS) is 18.1. The number of esters is 1. The molecule has 1 aliphatic heterocycles. The van der Waals surface area contributed by atoms with E-state index >= 15 is 0 Å². The second-order valence-electron chi connectivity index (χ2n) is 6.99. The van der Waals surface area contributed by atoms with Gasteiger partial charge in [-0.25, -0.2) is 13.2 Å². The van der Waals surface area contributed by atoms with E-state index in [1.807, 2.05) is 13.8 Å². The first-order valence-electron chi connectivity index (χ1n) is 8.61. The van der Waals surface area contributed by atoms with E-state index in [1.165, 1.54) is 4.90 Å². The number of carbonyl (C=O) groups excluding carboxylic acids is 2. The molecule has 1 amide bonds. The van der Waals surface area contributed by atoms with Crippen LogP contribution >= 0.6 is 11.6 Å². The molecular formula is C17H21ClN2O7S. The molecule has 1 heterocycles. The lowest BCUT2D eigenvalue weighted by molar-refractivity contribution is -0.384. The summed E-state index contributed by atoms with van der Waals surface area (Å²) in [6.07, 6.45) is 0.350. The molecule has 2 rings (SSSR count). The highest BCUT2D eigenvalue weighted by molar-refractivity contribution is 7.91. The third-order valence-electron chi connectivity index (χ3n) is 4.24. The number of carbonyl (C=O) groups is 2. The number of non-ortho nitro benzene ring substituents is 1. The van der Waals surface area contributed by atoms with E-state index in [2.05, 4.69) is 0 Å². The largest absolute Gasteiger partial charge is 0.452 e. The zero-order valence-electron chi connectivity index (χ0n) is 15.5. The summed E-state index contributed by atoms with van der Waals surface area (Å²) in [6, 6.07) is 2.84. The molecule has 0 saturated carbocycles. The van der Waals surface area contributed by atoms with Gasteiger partial charge in [-0.05, 0) is 18.4 Å². The quantitative estimate of drug-likeness (QED) is 0.367. The van der Waals surface area contributed by atoms with Crippen molar-refractivity contribution in [2.24, 2.45) is 5.92 Å². The van der Waals surface area contributed by atoms with Crippen molar-refractivity contribution in [3.63, 3.8) is 0 Å². The third kappa shape index (κ3) is 5.65. The van der Waals surface area contributed by atoms with E-state index in [-0.39, 0.29) is 33.7 Å². The molecule has 1 fully saturated rings. The average Bonchev–Trinajstić information content (AvgIpc) is 2.96. The summed E-state index contributed by atoms with van der Waals surface area (Å²) in [5.74, 6) is -1.36. The molecule has 1 saturated heterocycles. The van der Waals surface area contributed by atoms with Gasteiger partial charge < -0.3 is 9.64 Å². The molecule has 0 spiro atoms. The highest BCUT2D eigenvalue weighted by Gasteiger charge is 2.35. The number of hydrogen-bond acceptors (Lipinski definition) is 7. The van der Waals surface area contributed by atoms with Crippen molar-refractivity contribution in [1.29, 1.82) is 0 Å². The first-order chi connectivity index (χ1) is 13.0. The minimum Gasteiger partial charge on any atom is -0.452 e. The van der Waals surface area contributed by atoms with Crippen LogP contribution in [0.3, 0.4) is 0 Å². The highest BCUT2D eigenvalue weighted by atomic mass is 35.5. The molecule has 1 aromatic rings. The van der Waals surface area contributed by atoms with Crippen LogP contribution < -0.4 is 0 Å². The topological polar surface area (TPSA) is 124 Å². The van der Waals surface area contributed by atoms with Crippen molar-refractivity contribution in [3.8, 4) is 0 Å². The first kappa shape index (κ1) is 22.1. The SMILES string of the molecule is CC(C)CN(C(=O)COC(=O)c1ccc([N+](=O)[O-])cc1Cl)C1CCS(=O)(=O)C1. The Morgan fingerprint density at radius 2 is 2.07 bits per heavy atom. The van der Waals surface area contributed by atoms with Crippen LogP contribution in [0.1, 0.15) is 30.6 Å². The Morgan fingerprint density at radius 3 is 2.57 bits per heavy atom. The molecule has 0 aromatic heterocycles. The number of nitrogens with zero attached hydrogens (tertiary/aromatic N) is 2. The van der Waals surface area contributed by atoms with Crippen LogP contribution in [0.5, 0.6) is 0 Å². The van der Waals surface area contributed by atoms with Crippen molar-refractivity contribution in [2.75, 3.05) is 24.7 Å². The second-order valence-corrected chi connectivity index (χ2v) is 9.63. The Balaban J connectivity index is 2.05. The van der Waals surface area contributed by atoms with Crippen LogP contribution in [0.25, 0.3) is 0 Å². The summed E-state index contributed by atoms with van der Waals surface area (Å²) in [7, 11) is -3.17. The van der Waals surface area contributed by atoms with E-state index in [1.54, 1.807) is 0 Å². The van der Waals surface area contributed by atoms with Gasteiger partial charge in [0.1, 0.15) is 0 Å². The molecule has 0 radical (unpaired) electrons. The number of nitro benzene ring substituents is 1. The van der Waals surface area contributed by atoms with Gasteiger partial charge in [0.25, 0.3) is 11.6 Å². The van der Waals surface area contributed by atoms with Crippen LogP contribution in [0.4, 0.5) is 5.69 Å². The van der Waals surface area contributed by atoms with Crippen molar-refractivity contribution in [1.82, 2.24) is 4.90 Å². The summed E-state index contributed by atoms with van der Waals surface area (Å²) in [6.45, 7) is 3.56. The maximum absolute atomic E-state index is 12.6. The predicted octanol–water partition coefficient (Wildman–Crippen LogP) is 2.08. The van der Waals surface area contributed by atoms with Gasteiger partial charge in [0.15, 0.2) is 16.4 Å². The Hall–Kier alpha value is -2.20. The Kier molecular flexibility index (Phi) is 7.00. The molecule has 1 atom stereocenters. The zero-order valence-corrected chi connectivity index (χ0v) is 17.0. The van der Waals surface area contributed by atoms with Gasteiger partial charge in [-0.1, -0.05) is 25.4 Å². The molecule has 9 nitrogen and oxygen atoms in total. The van der Waals surface area contributed by atoms with Crippen molar-refractivity contribution < 1.29 is 27.7 Å². The molecule has 154 valence electrons. The van der Waals surface area contributed by atoms with E-state index in [4.69, 9.17) is 16.3 Å². The van der Waals surface area contributed by atoms with Crippen LogP contribution in [0.2, 0.25) is 5.02 Å². The fourth-order valence-corrected chi connectivity index (χ4v) is 4.92. The molecule has 0 bridgehead atoms. The number of ether oxygens (including phenoxy) is 1. The molecule has 28 heavy (non-hydrogen) atoms. The predicted molar refractivity (Wildman–Crippen MR) is 102 cm³/mol. The molecule has 11 heteroatoms.